The van der Waals surface area contributed by atoms with Crippen LogP contribution in [0, 0.1) is 5.82 Å². The van der Waals surface area contributed by atoms with E-state index in [1.54, 1.807) is 0 Å². The van der Waals surface area contributed by atoms with Crippen LogP contribution in [0.1, 0.15) is 32.2 Å². The van der Waals surface area contributed by atoms with Crippen LogP contribution in [0.3, 0.4) is 0 Å². The number of fused-ring (bicyclic) bond motifs is 1. The third-order valence-corrected chi connectivity index (χ3v) is 6.30. The van der Waals surface area contributed by atoms with Crippen LogP contribution in [0.5, 0.6) is 5.75 Å². The number of ether oxygens (including phenoxy) is 1. The smallest absolute Gasteiger partial charge is 0.420 e. The number of carbonyl (C=O) groups is 1. The molecule has 0 spiro atoms. The van der Waals surface area contributed by atoms with Crippen LogP contribution in [0.15, 0.2) is 45.7 Å². The maximum absolute atomic E-state index is 15.0. The number of anilines is 1. The van der Waals surface area contributed by atoms with Gasteiger partial charge in [0.15, 0.2) is 0 Å². The van der Waals surface area contributed by atoms with Crippen molar-refractivity contribution in [2.45, 2.75) is 50.0 Å². The molecule has 0 aliphatic carbocycles. The molecule has 2 N–H and O–H groups in total. The van der Waals surface area contributed by atoms with Crippen molar-refractivity contribution < 1.29 is 31.5 Å². The molecule has 0 saturated carbocycles. The van der Waals surface area contributed by atoms with Crippen LogP contribution in [-0.4, -0.2) is 34.3 Å². The van der Waals surface area contributed by atoms with E-state index in [0.717, 1.165) is 12.1 Å². The third-order valence-electron chi connectivity index (χ3n) is 5.14. The van der Waals surface area contributed by atoms with E-state index in [2.05, 4.69) is 14.9 Å². The van der Waals surface area contributed by atoms with E-state index in [1.165, 1.54) is 40.9 Å². The molecule has 1 aliphatic rings. The Labute approximate surface area is 202 Å². The molecule has 7 nitrogen and oxygen atoms in total. The molecule has 0 bridgehead atoms. The molecule has 12 heteroatoms. The second-order valence-corrected chi connectivity index (χ2v) is 10.1. The lowest BCUT2D eigenvalue weighted by Gasteiger charge is -2.25. The van der Waals surface area contributed by atoms with Crippen molar-refractivity contribution in [3.63, 3.8) is 0 Å². The minimum absolute atomic E-state index is 0.00542. The average Bonchev–Trinajstić information content (AvgIpc) is 3.23. The highest BCUT2D eigenvalue weighted by Gasteiger charge is 2.32. The van der Waals surface area contributed by atoms with Crippen molar-refractivity contribution in [2.75, 3.05) is 10.7 Å². The molecule has 2 aromatic carbocycles. The molecule has 35 heavy (non-hydrogen) atoms. The Bertz CT molecular complexity index is 1240. The minimum atomic E-state index is -4.81. The molecule has 4 rings (SSSR count). The predicted molar refractivity (Wildman–Crippen MR) is 121 cm³/mol. The highest BCUT2D eigenvalue weighted by atomic mass is 32.2. The van der Waals surface area contributed by atoms with Gasteiger partial charge in [0.05, 0.1) is 23.8 Å². The van der Waals surface area contributed by atoms with Gasteiger partial charge in [-0.2, -0.15) is 0 Å². The Morgan fingerprint density at radius 1 is 1.17 bits per heavy atom. The molecule has 186 valence electrons. The largest absolute Gasteiger partial charge is 0.573 e. The van der Waals surface area contributed by atoms with Gasteiger partial charge < -0.3 is 19.8 Å². The summed E-state index contributed by atoms with van der Waals surface area (Å²) in [4.78, 5) is 15.0. The maximum Gasteiger partial charge on any atom is 0.573 e. The summed E-state index contributed by atoms with van der Waals surface area (Å²) in [5.41, 5.74) is 6.53. The highest BCUT2D eigenvalue weighted by molar-refractivity contribution is 7.99. The Morgan fingerprint density at radius 3 is 2.46 bits per heavy atom. The number of nitrogens with two attached hydrogens (primary N) is 1. The normalized spacial score (nSPS) is 16.7. The van der Waals surface area contributed by atoms with Crippen LogP contribution in [0.4, 0.5) is 23.2 Å². The number of hydrogen-bond donors (Lipinski definition) is 1. The molecule has 3 aromatic rings. The fourth-order valence-corrected chi connectivity index (χ4v) is 4.39. The van der Waals surface area contributed by atoms with E-state index >= 15 is 4.39 Å². The van der Waals surface area contributed by atoms with Crippen molar-refractivity contribution in [1.82, 2.24) is 10.2 Å². The van der Waals surface area contributed by atoms with Crippen molar-refractivity contribution >= 4 is 23.4 Å². The molecule has 2 heterocycles. The Balaban J connectivity index is 1.71. The average molecular weight is 511 g/mol. The van der Waals surface area contributed by atoms with Crippen molar-refractivity contribution in [2.24, 2.45) is 5.73 Å². The standard InChI is InChI=1S/C23H22F4N4O3S/c1-22(2,3)21-30-29-19(33-21)14-8-17-18(9-15(14)24)35-11-16(28)20(32)31(17)10-12-4-6-13(7-5-12)34-23(25,26)27/h4-9,16H,10-11,28H2,1-3H3. The van der Waals surface area contributed by atoms with E-state index in [0.29, 0.717) is 22.0 Å². The van der Waals surface area contributed by atoms with Gasteiger partial charge in [-0.25, -0.2) is 4.39 Å². The zero-order valence-electron chi connectivity index (χ0n) is 19.0. The monoisotopic (exact) mass is 510 g/mol. The molecular weight excluding hydrogens is 488 g/mol. The maximum atomic E-state index is 15.0. The Kier molecular flexibility index (Phi) is 6.54. The number of rotatable bonds is 4. The van der Waals surface area contributed by atoms with Crippen molar-refractivity contribution in [3.8, 4) is 17.2 Å². The summed E-state index contributed by atoms with van der Waals surface area (Å²) < 4.78 is 62.0. The predicted octanol–water partition coefficient (Wildman–Crippen LogP) is 5.04. The lowest BCUT2D eigenvalue weighted by molar-refractivity contribution is -0.274. The van der Waals surface area contributed by atoms with E-state index in [9.17, 15) is 18.0 Å². The van der Waals surface area contributed by atoms with Crippen LogP contribution >= 0.6 is 11.8 Å². The quantitative estimate of drug-likeness (QED) is 0.492. The van der Waals surface area contributed by atoms with Gasteiger partial charge in [0.25, 0.3) is 5.89 Å². The number of alkyl halides is 3. The summed E-state index contributed by atoms with van der Waals surface area (Å²) >= 11 is 1.23. The molecular formula is C23H22F4N4O3S. The summed E-state index contributed by atoms with van der Waals surface area (Å²) in [6, 6.07) is 7.02. The molecule has 0 radical (unpaired) electrons. The molecule has 1 aromatic heterocycles. The van der Waals surface area contributed by atoms with E-state index < -0.39 is 29.5 Å². The number of aromatic nitrogens is 2. The molecule has 1 amide bonds. The van der Waals surface area contributed by atoms with Gasteiger partial charge in [-0.05, 0) is 29.8 Å². The minimum Gasteiger partial charge on any atom is -0.420 e. The summed E-state index contributed by atoms with van der Waals surface area (Å²) in [5, 5.41) is 7.97. The van der Waals surface area contributed by atoms with Crippen molar-refractivity contribution in [3.05, 3.63) is 53.7 Å². The van der Waals surface area contributed by atoms with Crippen LogP contribution in [0.2, 0.25) is 0 Å². The Morgan fingerprint density at radius 2 is 1.86 bits per heavy atom. The summed E-state index contributed by atoms with van der Waals surface area (Å²) in [5.74, 6) is -0.871. The van der Waals surface area contributed by atoms with E-state index in [4.69, 9.17) is 10.2 Å². The van der Waals surface area contributed by atoms with Gasteiger partial charge in [-0.3, -0.25) is 4.79 Å². The fourth-order valence-electron chi connectivity index (χ4n) is 3.38. The number of benzene rings is 2. The first-order chi connectivity index (χ1) is 16.3. The number of nitrogens with zero attached hydrogens (tertiary/aromatic N) is 3. The summed E-state index contributed by atoms with van der Waals surface area (Å²) in [7, 11) is 0. The second-order valence-electron chi connectivity index (χ2n) is 9.00. The van der Waals surface area contributed by atoms with Gasteiger partial charge in [-0.1, -0.05) is 32.9 Å². The SMILES string of the molecule is CC(C)(C)c1nnc(-c2cc3c(cc2F)SCC(N)C(=O)N3Cc2ccc(OC(F)(F)F)cc2)o1. The number of amides is 1. The lowest BCUT2D eigenvalue weighted by atomic mass is 9.97. The molecule has 0 fully saturated rings. The molecule has 1 unspecified atom stereocenters. The number of carbonyl (C=O) groups excluding carboxylic acids is 1. The number of hydrogen-bond acceptors (Lipinski definition) is 7. The molecule has 1 aliphatic heterocycles. The summed E-state index contributed by atoms with van der Waals surface area (Å²) in [6.45, 7) is 5.62. The van der Waals surface area contributed by atoms with Crippen LogP contribution < -0.4 is 15.4 Å². The van der Waals surface area contributed by atoms with Gasteiger partial charge in [0, 0.05) is 16.1 Å². The zero-order chi connectivity index (χ0) is 25.5. The third kappa shape index (κ3) is 5.59. The molecule has 1 atom stereocenters. The van der Waals surface area contributed by atoms with Gasteiger partial charge in [0.1, 0.15) is 11.6 Å². The van der Waals surface area contributed by atoms with Gasteiger partial charge in [-0.15, -0.1) is 35.1 Å². The first kappa shape index (κ1) is 25.0. The molecule has 0 saturated heterocycles. The van der Waals surface area contributed by atoms with Gasteiger partial charge in [0.2, 0.25) is 11.8 Å². The van der Waals surface area contributed by atoms with Crippen molar-refractivity contribution in [1.29, 1.82) is 0 Å². The first-order valence-electron chi connectivity index (χ1n) is 10.5. The van der Waals surface area contributed by atoms with Gasteiger partial charge >= 0.3 is 6.36 Å². The summed E-state index contributed by atoms with van der Waals surface area (Å²) in [6.07, 6.45) is -4.81. The van der Waals surface area contributed by atoms with Crippen LogP contribution in [0.25, 0.3) is 11.5 Å². The topological polar surface area (TPSA) is 94.5 Å². The highest BCUT2D eigenvalue weighted by Crippen LogP contribution is 2.40. The van der Waals surface area contributed by atoms with E-state index in [1.807, 2.05) is 20.8 Å². The second kappa shape index (κ2) is 9.15. The number of thioether (sulfide) groups is 1. The first-order valence-corrected chi connectivity index (χ1v) is 11.5. The zero-order valence-corrected chi connectivity index (χ0v) is 19.8. The Hall–Kier alpha value is -3.12. The lowest BCUT2D eigenvalue weighted by Crippen LogP contribution is -2.44. The van der Waals surface area contributed by atoms with E-state index in [-0.39, 0.29) is 29.5 Å². The number of halogens is 4. The fraction of sp³-hybridized carbons (Fsp3) is 0.348. The van der Waals surface area contributed by atoms with Crippen LogP contribution in [-0.2, 0) is 16.8 Å².